The maximum absolute atomic E-state index is 13.7. The first-order chi connectivity index (χ1) is 18.4. The number of benzene rings is 1. The van der Waals surface area contributed by atoms with Crippen molar-refractivity contribution in [1.82, 2.24) is 10.6 Å². The van der Waals surface area contributed by atoms with E-state index in [1.165, 1.54) is 0 Å². The van der Waals surface area contributed by atoms with Gasteiger partial charge in [0, 0.05) is 43.4 Å². The maximum Gasteiger partial charge on any atom is 0.237 e. The lowest BCUT2D eigenvalue weighted by molar-refractivity contribution is -0.174. The van der Waals surface area contributed by atoms with Crippen LogP contribution in [0.15, 0.2) is 11.6 Å². The van der Waals surface area contributed by atoms with Gasteiger partial charge in [-0.15, -0.1) is 0 Å². The smallest absolute Gasteiger partial charge is 0.237 e. The predicted octanol–water partition coefficient (Wildman–Crippen LogP) is -0.977. The molecule has 2 saturated carbocycles. The second-order valence-electron chi connectivity index (χ2n) is 11.3. The number of rotatable bonds is 5. The normalized spacial score (nSPS) is 31.8. The van der Waals surface area contributed by atoms with Gasteiger partial charge >= 0.3 is 0 Å². The number of carbonyl (C=O) groups excluding carboxylic acids is 4. The van der Waals surface area contributed by atoms with Crippen LogP contribution in [0, 0.1) is 17.8 Å². The van der Waals surface area contributed by atoms with E-state index in [1.807, 2.05) is 0 Å². The molecule has 6 atom stereocenters. The molecule has 210 valence electrons. The van der Waals surface area contributed by atoms with Gasteiger partial charge in [0.2, 0.25) is 17.6 Å². The zero-order valence-electron chi connectivity index (χ0n) is 21.9. The summed E-state index contributed by atoms with van der Waals surface area (Å²) in [5.74, 6) is -7.77. The van der Waals surface area contributed by atoms with Crippen LogP contribution in [0.2, 0.25) is 0 Å². The number of fused-ring (bicyclic) bond motifs is 3. The highest BCUT2D eigenvalue weighted by atomic mass is 16.3. The molecule has 3 aliphatic carbocycles. The summed E-state index contributed by atoms with van der Waals surface area (Å²) in [5.41, 5.74) is 4.02. The molecule has 1 saturated heterocycles. The SMILES string of the molecule is CN(C)c1cc(CNC(=O)C2CCCN2)c(O)c2c1C[C@H]1C[C@H]3CC(O)C(C(N)=O)C(=O)[C@@]3(O)C(=O)C1=C2O. The number of aliphatic hydroxyl groups excluding tert-OH is 2. The first-order valence-corrected chi connectivity index (χ1v) is 13.2. The molecule has 12 heteroatoms. The average molecular weight is 543 g/mol. The van der Waals surface area contributed by atoms with Crippen LogP contribution in [0.25, 0.3) is 5.76 Å². The van der Waals surface area contributed by atoms with E-state index in [2.05, 4.69) is 10.6 Å². The van der Waals surface area contributed by atoms with E-state index in [9.17, 15) is 39.6 Å². The van der Waals surface area contributed by atoms with Crippen LogP contribution in [0.4, 0.5) is 5.69 Å². The second kappa shape index (κ2) is 9.61. The largest absolute Gasteiger partial charge is 0.507 e. The molecule has 1 aliphatic heterocycles. The van der Waals surface area contributed by atoms with Crippen LogP contribution in [0.1, 0.15) is 42.4 Å². The number of hydrogen-bond donors (Lipinski definition) is 7. The van der Waals surface area contributed by atoms with Gasteiger partial charge < -0.3 is 41.7 Å². The third-order valence-electron chi connectivity index (χ3n) is 8.75. The minimum Gasteiger partial charge on any atom is -0.507 e. The molecule has 39 heavy (non-hydrogen) atoms. The summed E-state index contributed by atoms with van der Waals surface area (Å²) in [7, 11) is 3.58. The molecule has 0 radical (unpaired) electrons. The van der Waals surface area contributed by atoms with Gasteiger partial charge in [0.1, 0.15) is 17.4 Å². The molecule has 1 heterocycles. The number of Topliss-reactive ketones (excluding diaryl/α,β-unsaturated/α-hetero) is 2. The standard InChI is InChI=1S/C27H34N4O8/c1-31(2)16-8-12(10-30-26(38)15-4-3-5-29-15)21(33)19-14(16)7-11-6-13-9-17(32)20(25(28)37)24(36)27(13,39)23(35)18(11)22(19)34/h8,11,13,15,17,20,29,32-34,39H,3-7,9-10H2,1-2H3,(H2,28,37)(H,30,38)/t11-,13+,15?,17?,20?,27+/m1/s1. The topological polar surface area (TPSA) is 203 Å². The molecule has 0 aromatic heterocycles. The summed E-state index contributed by atoms with van der Waals surface area (Å²) < 4.78 is 0. The fraction of sp³-hybridized carbons (Fsp3) is 0.556. The van der Waals surface area contributed by atoms with Gasteiger partial charge in [0.15, 0.2) is 11.4 Å². The molecule has 12 nitrogen and oxygen atoms in total. The van der Waals surface area contributed by atoms with E-state index in [4.69, 9.17) is 5.73 Å². The number of ketones is 2. The molecule has 3 fully saturated rings. The number of anilines is 1. The molecule has 1 aromatic carbocycles. The number of aromatic hydroxyl groups is 1. The highest BCUT2D eigenvalue weighted by Crippen LogP contribution is 2.53. The minimum absolute atomic E-state index is 0.000773. The van der Waals surface area contributed by atoms with Crippen molar-refractivity contribution in [3.8, 4) is 5.75 Å². The zero-order chi connectivity index (χ0) is 28.4. The molecule has 2 amide bonds. The summed E-state index contributed by atoms with van der Waals surface area (Å²) in [4.78, 5) is 53.1. The lowest BCUT2D eigenvalue weighted by Crippen LogP contribution is -2.66. The molecule has 3 unspecified atom stereocenters. The molecule has 1 aromatic rings. The van der Waals surface area contributed by atoms with Gasteiger partial charge in [-0.3, -0.25) is 19.2 Å². The van der Waals surface area contributed by atoms with E-state index >= 15 is 0 Å². The molecule has 8 N–H and O–H groups in total. The Hall–Kier alpha value is -3.48. The molecule has 0 bridgehead atoms. The fourth-order valence-corrected chi connectivity index (χ4v) is 6.77. The Morgan fingerprint density at radius 3 is 2.56 bits per heavy atom. The molecular weight excluding hydrogens is 508 g/mol. The number of nitrogens with zero attached hydrogens (tertiary/aromatic N) is 1. The Balaban J connectivity index is 1.56. The average Bonchev–Trinajstić information content (AvgIpc) is 3.40. The Kier molecular flexibility index (Phi) is 6.68. The van der Waals surface area contributed by atoms with Crippen LogP contribution in [-0.2, 0) is 32.1 Å². The monoisotopic (exact) mass is 542 g/mol. The second-order valence-corrected chi connectivity index (χ2v) is 11.3. The zero-order valence-corrected chi connectivity index (χ0v) is 21.9. The van der Waals surface area contributed by atoms with Crippen molar-refractivity contribution >= 4 is 34.8 Å². The summed E-state index contributed by atoms with van der Waals surface area (Å²) in [6, 6.07) is 1.40. The van der Waals surface area contributed by atoms with Gasteiger partial charge in [0.05, 0.1) is 17.7 Å². The van der Waals surface area contributed by atoms with Crippen LogP contribution < -0.4 is 21.3 Å². The number of carbonyl (C=O) groups is 4. The van der Waals surface area contributed by atoms with E-state index < -0.39 is 52.7 Å². The Labute approximate surface area is 224 Å². The number of nitrogens with one attached hydrogen (secondary N) is 2. The number of nitrogens with two attached hydrogens (primary N) is 1. The van der Waals surface area contributed by atoms with Gasteiger partial charge in [-0.25, -0.2) is 0 Å². The minimum atomic E-state index is -2.63. The van der Waals surface area contributed by atoms with Crippen LogP contribution >= 0.6 is 0 Å². The summed E-state index contributed by atoms with van der Waals surface area (Å²) in [6.07, 6.45) is 0.294. The van der Waals surface area contributed by atoms with Crippen molar-refractivity contribution in [3.63, 3.8) is 0 Å². The highest BCUT2D eigenvalue weighted by molar-refractivity contribution is 6.24. The van der Waals surface area contributed by atoms with Gasteiger partial charge in [-0.1, -0.05) is 0 Å². The highest BCUT2D eigenvalue weighted by Gasteiger charge is 2.64. The van der Waals surface area contributed by atoms with Crippen molar-refractivity contribution in [1.29, 1.82) is 0 Å². The Bertz CT molecular complexity index is 1300. The van der Waals surface area contributed by atoms with Crippen molar-refractivity contribution in [3.05, 3.63) is 28.3 Å². The number of amides is 2. The fourth-order valence-electron chi connectivity index (χ4n) is 6.77. The third kappa shape index (κ3) is 4.09. The van der Waals surface area contributed by atoms with Gasteiger partial charge in [-0.05, 0) is 56.2 Å². The first-order valence-electron chi connectivity index (χ1n) is 13.2. The third-order valence-corrected chi connectivity index (χ3v) is 8.75. The van der Waals surface area contributed by atoms with Crippen molar-refractivity contribution in [2.24, 2.45) is 23.5 Å². The predicted molar refractivity (Wildman–Crippen MR) is 138 cm³/mol. The molecule has 0 spiro atoms. The maximum atomic E-state index is 13.7. The number of phenolic OH excluding ortho intramolecular Hbond substituents is 1. The van der Waals surface area contributed by atoms with Gasteiger partial charge in [0.25, 0.3) is 0 Å². The lowest BCUT2D eigenvalue weighted by atomic mass is 9.56. The van der Waals surface area contributed by atoms with Crippen LogP contribution in [0.5, 0.6) is 5.75 Å². The lowest BCUT2D eigenvalue weighted by Gasteiger charge is -2.48. The van der Waals surface area contributed by atoms with Crippen LogP contribution in [0.3, 0.4) is 0 Å². The van der Waals surface area contributed by atoms with E-state index in [0.717, 1.165) is 13.0 Å². The Morgan fingerprint density at radius 2 is 1.95 bits per heavy atom. The summed E-state index contributed by atoms with van der Waals surface area (Å²) in [6.45, 7) is 0.720. The summed E-state index contributed by atoms with van der Waals surface area (Å²) in [5, 5.41) is 50.4. The van der Waals surface area contributed by atoms with Crippen molar-refractivity contribution < 1.29 is 39.6 Å². The van der Waals surface area contributed by atoms with Crippen molar-refractivity contribution in [2.75, 3.05) is 25.5 Å². The van der Waals surface area contributed by atoms with Crippen molar-refractivity contribution in [2.45, 2.75) is 56.4 Å². The molecule has 5 rings (SSSR count). The van der Waals surface area contributed by atoms with E-state index in [-0.39, 0.29) is 54.6 Å². The number of primary amides is 1. The number of aliphatic hydroxyl groups is 3. The molecule has 4 aliphatic rings. The Morgan fingerprint density at radius 1 is 1.23 bits per heavy atom. The number of hydrogen-bond acceptors (Lipinski definition) is 10. The van der Waals surface area contributed by atoms with E-state index in [1.54, 1.807) is 25.1 Å². The summed E-state index contributed by atoms with van der Waals surface area (Å²) >= 11 is 0. The van der Waals surface area contributed by atoms with E-state index in [0.29, 0.717) is 23.2 Å². The first kappa shape index (κ1) is 27.1. The quantitative estimate of drug-likeness (QED) is 0.227. The van der Waals surface area contributed by atoms with Gasteiger partial charge in [-0.2, -0.15) is 0 Å². The number of phenols is 1. The molecular formula is C27H34N4O8. The van der Waals surface area contributed by atoms with Crippen LogP contribution in [-0.4, -0.2) is 82.2 Å².